The number of nitrogens with zero attached hydrogens (tertiary/aromatic N) is 6. The molecule has 0 bridgehead atoms. The molecule has 2 fully saturated rings. The number of sulfonamides is 1. The molecule has 2 aliphatic rings. The van der Waals surface area contributed by atoms with Crippen LogP contribution in [0.25, 0.3) is 16.7 Å². The SMILES string of the molecule is CS(=O)(=O)N1CC(Nc2nc(N3C[C@H](O)[C@@H](F)C3)c3cnn(-c4cccc(C(F)F)c4)c3n2)C1. The zero-order valence-corrected chi connectivity index (χ0v) is 18.8. The Kier molecular flexibility index (Phi) is 5.61. The summed E-state index contributed by atoms with van der Waals surface area (Å²) in [5.74, 6) is 0.492. The molecule has 4 heterocycles. The third-order valence-corrected chi connectivity index (χ3v) is 7.18. The van der Waals surface area contributed by atoms with E-state index in [1.54, 1.807) is 11.0 Å². The summed E-state index contributed by atoms with van der Waals surface area (Å²) in [6.45, 7) is 0.411. The van der Waals surface area contributed by atoms with Crippen LogP contribution in [0.5, 0.6) is 0 Å². The van der Waals surface area contributed by atoms with Crippen LogP contribution in [0.2, 0.25) is 0 Å². The molecule has 0 radical (unpaired) electrons. The minimum atomic E-state index is -3.30. The summed E-state index contributed by atoms with van der Waals surface area (Å²) >= 11 is 0. The van der Waals surface area contributed by atoms with E-state index in [9.17, 15) is 26.7 Å². The van der Waals surface area contributed by atoms with Gasteiger partial charge in [0.15, 0.2) is 5.65 Å². The third-order valence-electron chi connectivity index (χ3n) is 5.94. The number of aromatic nitrogens is 4. The van der Waals surface area contributed by atoms with E-state index in [0.717, 1.165) is 6.26 Å². The van der Waals surface area contributed by atoms with Crippen LogP contribution >= 0.6 is 0 Å². The van der Waals surface area contributed by atoms with Gasteiger partial charge in [-0.2, -0.15) is 19.4 Å². The molecule has 3 aromatic rings. The average Bonchev–Trinajstić information content (AvgIpc) is 3.32. The molecule has 0 saturated carbocycles. The summed E-state index contributed by atoms with van der Waals surface area (Å²) in [5.41, 5.74) is 0.488. The second-order valence-electron chi connectivity index (χ2n) is 8.47. The van der Waals surface area contributed by atoms with Crippen LogP contribution < -0.4 is 10.2 Å². The molecule has 2 aromatic heterocycles. The Bertz CT molecular complexity index is 1320. The van der Waals surface area contributed by atoms with Crippen molar-refractivity contribution < 1.29 is 26.7 Å². The smallest absolute Gasteiger partial charge is 0.263 e. The molecule has 34 heavy (non-hydrogen) atoms. The molecule has 5 rings (SSSR count). The molecule has 10 nitrogen and oxygen atoms in total. The first-order chi connectivity index (χ1) is 16.1. The highest BCUT2D eigenvalue weighted by atomic mass is 32.2. The lowest BCUT2D eigenvalue weighted by atomic mass is 10.2. The van der Waals surface area contributed by atoms with Gasteiger partial charge in [0.25, 0.3) is 6.43 Å². The minimum Gasteiger partial charge on any atom is -0.388 e. The normalized spacial score (nSPS) is 22.0. The number of aliphatic hydroxyl groups excluding tert-OH is 1. The Hall–Kier alpha value is -2.97. The summed E-state index contributed by atoms with van der Waals surface area (Å²) in [5, 5.41) is 17.8. The molecule has 14 heteroatoms. The Balaban J connectivity index is 1.55. The Labute approximate surface area is 193 Å². The first-order valence-electron chi connectivity index (χ1n) is 10.5. The maximum atomic E-state index is 14.1. The fraction of sp³-hybridized carbons (Fsp3) is 0.450. The van der Waals surface area contributed by atoms with Crippen molar-refractivity contribution in [3.8, 4) is 5.69 Å². The van der Waals surface area contributed by atoms with Crippen LogP contribution in [0, 0.1) is 0 Å². The second-order valence-corrected chi connectivity index (χ2v) is 10.5. The van der Waals surface area contributed by atoms with E-state index < -0.39 is 28.7 Å². The van der Waals surface area contributed by atoms with Gasteiger partial charge in [-0.05, 0) is 12.1 Å². The maximum Gasteiger partial charge on any atom is 0.263 e. The van der Waals surface area contributed by atoms with Gasteiger partial charge in [-0.25, -0.2) is 26.3 Å². The maximum absolute atomic E-state index is 14.1. The lowest BCUT2D eigenvalue weighted by Crippen LogP contribution is -2.56. The monoisotopic (exact) mass is 497 g/mol. The first kappa shape index (κ1) is 22.8. The molecule has 0 aliphatic carbocycles. The predicted molar refractivity (Wildman–Crippen MR) is 119 cm³/mol. The van der Waals surface area contributed by atoms with Gasteiger partial charge in [0.1, 0.15) is 18.1 Å². The van der Waals surface area contributed by atoms with Crippen molar-refractivity contribution in [1.29, 1.82) is 0 Å². The molecule has 182 valence electrons. The number of halogens is 3. The summed E-state index contributed by atoms with van der Waals surface area (Å²) in [7, 11) is -3.30. The van der Waals surface area contributed by atoms with Crippen LogP contribution in [-0.2, 0) is 10.0 Å². The summed E-state index contributed by atoms with van der Waals surface area (Å²) in [6.07, 6.45) is -2.69. The first-order valence-corrected chi connectivity index (χ1v) is 12.4. The van der Waals surface area contributed by atoms with E-state index in [0.29, 0.717) is 22.5 Å². The molecular weight excluding hydrogens is 475 g/mol. The summed E-state index contributed by atoms with van der Waals surface area (Å²) < 4.78 is 66.5. The molecule has 0 unspecified atom stereocenters. The van der Waals surface area contributed by atoms with Crippen molar-refractivity contribution in [2.45, 2.75) is 24.7 Å². The highest BCUT2D eigenvalue weighted by Crippen LogP contribution is 2.31. The van der Waals surface area contributed by atoms with E-state index in [1.165, 1.54) is 33.4 Å². The van der Waals surface area contributed by atoms with Gasteiger partial charge in [0.05, 0.1) is 36.1 Å². The van der Waals surface area contributed by atoms with Crippen molar-refractivity contribution in [3.05, 3.63) is 36.0 Å². The Morgan fingerprint density at radius 1 is 1.18 bits per heavy atom. The molecular formula is C20H22F3N7O3S. The highest BCUT2D eigenvalue weighted by Gasteiger charge is 2.36. The number of anilines is 2. The molecule has 2 N–H and O–H groups in total. The van der Waals surface area contributed by atoms with Gasteiger partial charge in [-0.1, -0.05) is 12.1 Å². The number of hydrogen-bond donors (Lipinski definition) is 2. The zero-order chi connectivity index (χ0) is 24.2. The fourth-order valence-corrected chi connectivity index (χ4v) is 4.98. The molecule has 0 amide bonds. The van der Waals surface area contributed by atoms with Crippen molar-refractivity contribution in [2.24, 2.45) is 0 Å². The van der Waals surface area contributed by atoms with Crippen molar-refractivity contribution >= 4 is 32.8 Å². The molecule has 1 aromatic carbocycles. The molecule has 2 saturated heterocycles. The van der Waals surface area contributed by atoms with E-state index in [-0.39, 0.29) is 43.7 Å². The van der Waals surface area contributed by atoms with E-state index in [1.807, 2.05) is 0 Å². The van der Waals surface area contributed by atoms with Crippen LogP contribution in [0.15, 0.2) is 30.5 Å². The summed E-state index contributed by atoms with van der Waals surface area (Å²) in [4.78, 5) is 10.6. The van der Waals surface area contributed by atoms with Gasteiger partial charge in [-0.15, -0.1) is 0 Å². The van der Waals surface area contributed by atoms with Crippen LogP contribution in [-0.4, -0.2) is 88.3 Å². The van der Waals surface area contributed by atoms with Gasteiger partial charge >= 0.3 is 0 Å². The van der Waals surface area contributed by atoms with Gasteiger partial charge < -0.3 is 15.3 Å². The highest BCUT2D eigenvalue weighted by molar-refractivity contribution is 7.88. The number of alkyl halides is 3. The quantitative estimate of drug-likeness (QED) is 0.524. The van der Waals surface area contributed by atoms with Crippen molar-refractivity contribution in [2.75, 3.05) is 42.7 Å². The largest absolute Gasteiger partial charge is 0.388 e. The van der Waals surface area contributed by atoms with Crippen molar-refractivity contribution in [1.82, 2.24) is 24.1 Å². The number of fused-ring (bicyclic) bond motifs is 1. The lowest BCUT2D eigenvalue weighted by molar-refractivity contribution is 0.118. The number of aliphatic hydroxyl groups is 1. The molecule has 2 atom stereocenters. The van der Waals surface area contributed by atoms with Crippen LogP contribution in [0.4, 0.5) is 24.9 Å². The average molecular weight is 498 g/mol. The van der Waals surface area contributed by atoms with Gasteiger partial charge in [0.2, 0.25) is 16.0 Å². The van der Waals surface area contributed by atoms with Crippen LogP contribution in [0.1, 0.15) is 12.0 Å². The second kappa shape index (κ2) is 8.36. The van der Waals surface area contributed by atoms with Gasteiger partial charge in [0, 0.05) is 25.2 Å². The van der Waals surface area contributed by atoms with E-state index in [2.05, 4.69) is 20.4 Å². The van der Waals surface area contributed by atoms with E-state index >= 15 is 0 Å². The lowest BCUT2D eigenvalue weighted by Gasteiger charge is -2.37. The number of benzene rings is 1. The van der Waals surface area contributed by atoms with Crippen molar-refractivity contribution in [3.63, 3.8) is 0 Å². The summed E-state index contributed by atoms with van der Waals surface area (Å²) in [6, 6.07) is 5.48. The topological polar surface area (TPSA) is 116 Å². The fourth-order valence-electron chi connectivity index (χ4n) is 4.08. The Morgan fingerprint density at radius 3 is 2.59 bits per heavy atom. The Morgan fingerprint density at radius 2 is 1.94 bits per heavy atom. The van der Waals surface area contributed by atoms with Crippen LogP contribution in [0.3, 0.4) is 0 Å². The molecule has 2 aliphatic heterocycles. The number of rotatable bonds is 6. The minimum absolute atomic E-state index is 0.0179. The number of hydrogen-bond acceptors (Lipinski definition) is 8. The van der Waals surface area contributed by atoms with E-state index in [4.69, 9.17) is 0 Å². The number of nitrogens with one attached hydrogen (secondary N) is 1. The predicted octanol–water partition coefficient (Wildman–Crippen LogP) is 1.33. The van der Waals surface area contributed by atoms with Gasteiger partial charge in [-0.3, -0.25) is 0 Å². The zero-order valence-electron chi connectivity index (χ0n) is 18.0. The molecule has 0 spiro atoms. The standard InChI is InChI=1S/C20H22F3N7O3S/c1-34(32,33)29-7-12(8-29)25-20-26-18(28-9-15(21)16(31)10-28)14-6-24-30(19(14)27-20)13-4-2-3-11(5-13)17(22)23/h2-6,12,15-17,31H,7-10H2,1H3,(H,25,26,27)/t15-,16-/m0/s1. The number of β-amino-alcohol motifs (C(OH)–C–C–N with tert-alkyl or cyclic N) is 1. The third kappa shape index (κ3) is 4.16.